The Morgan fingerprint density at radius 2 is 1.24 bits per heavy atom. The molecule has 2 rings (SSSR count). The minimum atomic E-state index is -4.67. The standard InChI is InChI=1S/2C4H5N3O.H2O4S/c2*5-4(8)3-1-2-6-7-3;1-5(2,3)4/h2*1-2H,(H2,5,8)(H,6,7);(H2,1,2,3,4). The van der Waals surface area contributed by atoms with Crippen LogP contribution in [0.15, 0.2) is 24.5 Å². The molecule has 0 radical (unpaired) electrons. The fraction of sp³-hybridized carbons (Fsp3) is 0. The number of carbonyl (C=O) groups is 2. The highest BCUT2D eigenvalue weighted by molar-refractivity contribution is 7.79. The van der Waals surface area contributed by atoms with E-state index in [0.717, 1.165) is 0 Å². The van der Waals surface area contributed by atoms with Gasteiger partial charge in [0.25, 0.3) is 11.8 Å². The van der Waals surface area contributed by atoms with Crippen molar-refractivity contribution in [2.45, 2.75) is 0 Å². The van der Waals surface area contributed by atoms with Gasteiger partial charge >= 0.3 is 10.4 Å². The summed E-state index contributed by atoms with van der Waals surface area (Å²) >= 11 is 0. The number of amides is 2. The summed E-state index contributed by atoms with van der Waals surface area (Å²) in [6, 6.07) is 3.03. The van der Waals surface area contributed by atoms with E-state index in [0.29, 0.717) is 0 Å². The lowest BCUT2D eigenvalue weighted by Gasteiger charge is -1.78. The Morgan fingerprint density at radius 1 is 0.952 bits per heavy atom. The molecule has 0 saturated carbocycles. The normalized spacial score (nSPS) is 9.62. The lowest BCUT2D eigenvalue weighted by Crippen LogP contribution is -2.10. The Labute approximate surface area is 118 Å². The molecule has 0 saturated heterocycles. The van der Waals surface area contributed by atoms with Gasteiger partial charge in [-0.05, 0) is 12.1 Å². The molecule has 0 aromatic carbocycles. The van der Waals surface area contributed by atoms with Crippen LogP contribution < -0.4 is 11.5 Å². The summed E-state index contributed by atoms with van der Waals surface area (Å²) < 4.78 is 31.6. The number of carbonyl (C=O) groups excluding carboxylic acids is 2. The molecular weight excluding hydrogens is 308 g/mol. The van der Waals surface area contributed by atoms with E-state index in [2.05, 4.69) is 20.4 Å². The lowest BCUT2D eigenvalue weighted by molar-refractivity contribution is 0.0987. The van der Waals surface area contributed by atoms with E-state index in [9.17, 15) is 9.59 Å². The quantitative estimate of drug-likeness (QED) is 0.351. The number of nitrogens with zero attached hydrogens (tertiary/aromatic N) is 2. The number of hydrogen-bond acceptors (Lipinski definition) is 6. The molecule has 2 aromatic heterocycles. The third-order valence-corrected chi connectivity index (χ3v) is 1.51. The van der Waals surface area contributed by atoms with E-state index in [1.54, 1.807) is 12.4 Å². The predicted molar refractivity (Wildman–Crippen MR) is 68.4 cm³/mol. The van der Waals surface area contributed by atoms with Crippen LogP contribution in [0.25, 0.3) is 0 Å². The van der Waals surface area contributed by atoms with Crippen LogP contribution in [0.3, 0.4) is 0 Å². The molecule has 12 nitrogen and oxygen atoms in total. The fourth-order valence-corrected chi connectivity index (χ4v) is 0.795. The largest absolute Gasteiger partial charge is 0.394 e. The summed E-state index contributed by atoms with van der Waals surface area (Å²) in [5.41, 5.74) is 10.2. The number of H-pyrrole nitrogens is 2. The number of aromatic amines is 2. The van der Waals surface area contributed by atoms with Gasteiger partial charge in [-0.3, -0.25) is 28.9 Å². The van der Waals surface area contributed by atoms with Crippen LogP contribution >= 0.6 is 0 Å². The molecule has 2 heterocycles. The first-order valence-corrected chi connectivity index (χ1v) is 6.30. The highest BCUT2D eigenvalue weighted by Gasteiger charge is 1.98. The van der Waals surface area contributed by atoms with Crippen molar-refractivity contribution in [2.24, 2.45) is 11.5 Å². The summed E-state index contributed by atoms with van der Waals surface area (Å²) in [6.07, 6.45) is 3.08. The van der Waals surface area contributed by atoms with Crippen LogP contribution in [0.5, 0.6) is 0 Å². The molecule has 13 heteroatoms. The molecule has 8 N–H and O–H groups in total. The van der Waals surface area contributed by atoms with Crippen molar-refractivity contribution in [1.29, 1.82) is 0 Å². The van der Waals surface area contributed by atoms with Crippen molar-refractivity contribution < 1.29 is 27.1 Å². The second kappa shape index (κ2) is 8.41. The van der Waals surface area contributed by atoms with E-state index in [-0.39, 0.29) is 11.4 Å². The summed E-state index contributed by atoms with van der Waals surface area (Å²) in [6.45, 7) is 0. The van der Waals surface area contributed by atoms with Crippen LogP contribution in [0.4, 0.5) is 0 Å². The Morgan fingerprint density at radius 3 is 1.33 bits per heavy atom. The molecule has 116 valence electrons. The van der Waals surface area contributed by atoms with Crippen molar-refractivity contribution in [2.75, 3.05) is 0 Å². The Bertz CT molecular complexity index is 597. The van der Waals surface area contributed by atoms with Gasteiger partial charge < -0.3 is 11.5 Å². The molecule has 0 bridgehead atoms. The van der Waals surface area contributed by atoms with Gasteiger partial charge in [-0.15, -0.1) is 0 Å². The molecule has 2 aromatic rings. The zero-order valence-corrected chi connectivity index (χ0v) is 11.1. The third-order valence-electron chi connectivity index (χ3n) is 1.51. The molecule has 2 amide bonds. The van der Waals surface area contributed by atoms with Gasteiger partial charge in [0.05, 0.1) is 0 Å². The van der Waals surface area contributed by atoms with Gasteiger partial charge in [0.15, 0.2) is 0 Å². The van der Waals surface area contributed by atoms with Crippen molar-refractivity contribution in [3.8, 4) is 0 Å². The molecule has 0 aliphatic heterocycles. The maximum Gasteiger partial charge on any atom is 0.394 e. The van der Waals surface area contributed by atoms with Crippen LogP contribution in [-0.2, 0) is 10.4 Å². The lowest BCUT2D eigenvalue weighted by atomic mass is 10.4. The number of nitrogens with two attached hydrogens (primary N) is 2. The molecule has 0 spiro atoms. The summed E-state index contributed by atoms with van der Waals surface area (Å²) in [7, 11) is -4.67. The van der Waals surface area contributed by atoms with Gasteiger partial charge in [-0.2, -0.15) is 18.6 Å². The van der Waals surface area contributed by atoms with Gasteiger partial charge in [0.1, 0.15) is 11.4 Å². The second-order valence-corrected chi connectivity index (χ2v) is 3.99. The molecule has 0 aliphatic rings. The molecule has 0 unspecified atom stereocenters. The number of rotatable bonds is 2. The number of hydrogen-bond donors (Lipinski definition) is 6. The molecule has 0 fully saturated rings. The van der Waals surface area contributed by atoms with E-state index in [1.165, 1.54) is 12.1 Å². The van der Waals surface area contributed by atoms with Gasteiger partial charge in [0, 0.05) is 12.4 Å². The van der Waals surface area contributed by atoms with E-state index < -0.39 is 22.2 Å². The Balaban J connectivity index is 0.000000296. The number of primary amides is 2. The Kier molecular flexibility index (Phi) is 7.30. The van der Waals surface area contributed by atoms with Crippen molar-refractivity contribution in [1.82, 2.24) is 20.4 Å². The molecule has 0 aliphatic carbocycles. The maximum atomic E-state index is 10.2. The average Bonchev–Trinajstić information content (AvgIpc) is 3.02. The van der Waals surface area contributed by atoms with Gasteiger partial charge in [-0.25, -0.2) is 0 Å². The van der Waals surface area contributed by atoms with Crippen molar-refractivity contribution in [3.63, 3.8) is 0 Å². The summed E-state index contributed by atoms with van der Waals surface area (Å²) in [5, 5.41) is 12.0. The van der Waals surface area contributed by atoms with E-state index in [1.807, 2.05) is 0 Å². The highest BCUT2D eigenvalue weighted by Crippen LogP contribution is 1.86. The summed E-state index contributed by atoms with van der Waals surface area (Å²) in [5.74, 6) is -1.02. The topological polar surface area (TPSA) is 218 Å². The van der Waals surface area contributed by atoms with E-state index >= 15 is 0 Å². The zero-order valence-electron chi connectivity index (χ0n) is 10.3. The van der Waals surface area contributed by atoms with Crippen LogP contribution in [0, 0.1) is 0 Å². The van der Waals surface area contributed by atoms with Crippen LogP contribution in [0.2, 0.25) is 0 Å². The van der Waals surface area contributed by atoms with Crippen molar-refractivity contribution >= 4 is 22.2 Å². The van der Waals surface area contributed by atoms with E-state index in [4.69, 9.17) is 29.0 Å². The number of aromatic nitrogens is 4. The predicted octanol–water partition coefficient (Wildman–Crippen LogP) is -1.64. The molecular formula is C8H12N6O6S. The fourth-order valence-electron chi connectivity index (χ4n) is 0.795. The monoisotopic (exact) mass is 320 g/mol. The SMILES string of the molecule is NC(=O)c1cc[nH]n1.NC(=O)c1cc[nH]n1.O=S(=O)(O)O. The molecule has 21 heavy (non-hydrogen) atoms. The highest BCUT2D eigenvalue weighted by atomic mass is 32.3. The first-order chi connectivity index (χ1) is 9.61. The van der Waals surface area contributed by atoms with Gasteiger partial charge in [-0.1, -0.05) is 0 Å². The minimum absolute atomic E-state index is 0.269. The third kappa shape index (κ3) is 10.8. The smallest absolute Gasteiger partial charge is 0.364 e. The number of nitrogens with one attached hydrogen (secondary N) is 2. The van der Waals surface area contributed by atoms with Crippen LogP contribution in [-0.4, -0.2) is 49.7 Å². The average molecular weight is 320 g/mol. The molecule has 0 atom stereocenters. The maximum absolute atomic E-state index is 10.2. The zero-order chi connectivity index (χ0) is 16.5. The van der Waals surface area contributed by atoms with Gasteiger partial charge in [0.2, 0.25) is 0 Å². The first-order valence-electron chi connectivity index (χ1n) is 4.90. The Hall–Kier alpha value is -2.77. The van der Waals surface area contributed by atoms with Crippen LogP contribution in [0.1, 0.15) is 21.0 Å². The first kappa shape index (κ1) is 18.2. The second-order valence-electron chi connectivity index (χ2n) is 3.10. The van der Waals surface area contributed by atoms with Crippen molar-refractivity contribution in [3.05, 3.63) is 35.9 Å². The summed E-state index contributed by atoms with van der Waals surface area (Å²) in [4.78, 5) is 20.4. The minimum Gasteiger partial charge on any atom is -0.364 e.